The van der Waals surface area contributed by atoms with Gasteiger partial charge in [0.2, 0.25) is 0 Å². The first-order chi connectivity index (χ1) is 7.34. The van der Waals surface area contributed by atoms with E-state index in [1.54, 1.807) is 19.1 Å². The molecule has 0 atom stereocenters. The molecule has 16 heavy (non-hydrogen) atoms. The van der Waals surface area contributed by atoms with Crippen LogP contribution in [-0.4, -0.2) is 18.9 Å². The second-order valence-electron chi connectivity index (χ2n) is 3.44. The summed E-state index contributed by atoms with van der Waals surface area (Å²) in [6, 6.07) is 4.67. The number of hydrogen-bond acceptors (Lipinski definition) is 2. The Kier molecular flexibility index (Phi) is 3.62. The third kappa shape index (κ3) is 2.77. The standard InChI is InChI=1S/C10H12F4N2/c1-6-7(15)3-2-4-8(6)16-5-10(13,14)9(11)12/h2-4,9,16H,5,15H2,1H3. The molecule has 1 aromatic rings. The molecule has 2 nitrogen and oxygen atoms in total. The lowest BCUT2D eigenvalue weighted by atomic mass is 10.1. The van der Waals surface area contributed by atoms with Crippen molar-refractivity contribution >= 4 is 11.4 Å². The highest BCUT2D eigenvalue weighted by Gasteiger charge is 2.40. The zero-order valence-corrected chi connectivity index (χ0v) is 8.61. The van der Waals surface area contributed by atoms with Crippen molar-refractivity contribution in [3.05, 3.63) is 23.8 Å². The van der Waals surface area contributed by atoms with Crippen LogP contribution in [-0.2, 0) is 0 Å². The molecule has 3 N–H and O–H groups in total. The van der Waals surface area contributed by atoms with E-state index in [-0.39, 0.29) is 0 Å². The summed E-state index contributed by atoms with van der Waals surface area (Å²) in [7, 11) is 0. The molecule has 1 aromatic carbocycles. The Morgan fingerprint density at radius 2 is 2.00 bits per heavy atom. The van der Waals surface area contributed by atoms with Crippen molar-refractivity contribution in [3.63, 3.8) is 0 Å². The number of alkyl halides is 4. The number of nitrogen functional groups attached to an aromatic ring is 1. The number of nitrogens with two attached hydrogens (primary N) is 1. The molecule has 0 amide bonds. The first-order valence-corrected chi connectivity index (χ1v) is 4.59. The van der Waals surface area contributed by atoms with Crippen LogP contribution in [0.3, 0.4) is 0 Å². The highest BCUT2D eigenvalue weighted by atomic mass is 19.3. The largest absolute Gasteiger partial charge is 0.398 e. The summed E-state index contributed by atoms with van der Waals surface area (Å²) in [6.07, 6.45) is -3.68. The average Bonchev–Trinajstić information content (AvgIpc) is 2.20. The molecular weight excluding hydrogens is 224 g/mol. The van der Waals surface area contributed by atoms with Crippen LogP contribution in [0, 0.1) is 6.92 Å². The van der Waals surface area contributed by atoms with Gasteiger partial charge in [0.05, 0.1) is 6.54 Å². The summed E-state index contributed by atoms with van der Waals surface area (Å²) < 4.78 is 49.0. The third-order valence-electron chi connectivity index (χ3n) is 2.21. The van der Waals surface area contributed by atoms with E-state index in [4.69, 9.17) is 5.73 Å². The van der Waals surface area contributed by atoms with E-state index in [2.05, 4.69) is 5.32 Å². The number of anilines is 2. The van der Waals surface area contributed by atoms with Gasteiger partial charge in [-0.05, 0) is 24.6 Å². The van der Waals surface area contributed by atoms with Crippen molar-refractivity contribution in [2.24, 2.45) is 0 Å². The molecule has 6 heteroatoms. The van der Waals surface area contributed by atoms with Crippen molar-refractivity contribution in [3.8, 4) is 0 Å². The van der Waals surface area contributed by atoms with E-state index in [0.29, 0.717) is 16.9 Å². The Balaban J connectivity index is 2.72. The van der Waals surface area contributed by atoms with Gasteiger partial charge in [0, 0.05) is 11.4 Å². The van der Waals surface area contributed by atoms with Gasteiger partial charge < -0.3 is 11.1 Å². The van der Waals surface area contributed by atoms with Crippen molar-refractivity contribution in [2.75, 3.05) is 17.6 Å². The van der Waals surface area contributed by atoms with Crippen molar-refractivity contribution in [1.29, 1.82) is 0 Å². The molecule has 0 unspecified atom stereocenters. The molecule has 90 valence electrons. The van der Waals surface area contributed by atoms with Crippen molar-refractivity contribution in [1.82, 2.24) is 0 Å². The van der Waals surface area contributed by atoms with Gasteiger partial charge >= 0.3 is 12.3 Å². The molecule has 0 heterocycles. The van der Waals surface area contributed by atoms with Gasteiger partial charge in [0.15, 0.2) is 0 Å². The molecule has 0 aliphatic carbocycles. The maximum atomic E-state index is 12.6. The minimum atomic E-state index is -4.04. The zero-order chi connectivity index (χ0) is 12.3. The molecule has 0 aromatic heterocycles. The van der Waals surface area contributed by atoms with Crippen LogP contribution in [0.15, 0.2) is 18.2 Å². The second kappa shape index (κ2) is 4.59. The quantitative estimate of drug-likeness (QED) is 0.623. The van der Waals surface area contributed by atoms with Crippen LogP contribution in [0.4, 0.5) is 28.9 Å². The second-order valence-corrected chi connectivity index (χ2v) is 3.44. The Bertz CT molecular complexity index is 366. The van der Waals surface area contributed by atoms with Crippen LogP contribution >= 0.6 is 0 Å². The maximum Gasteiger partial charge on any atom is 0.324 e. The first-order valence-electron chi connectivity index (χ1n) is 4.59. The monoisotopic (exact) mass is 236 g/mol. The maximum absolute atomic E-state index is 12.6. The van der Waals surface area contributed by atoms with Crippen molar-refractivity contribution < 1.29 is 17.6 Å². The minimum Gasteiger partial charge on any atom is -0.398 e. The fraction of sp³-hybridized carbons (Fsp3) is 0.400. The highest BCUT2D eigenvalue weighted by Crippen LogP contribution is 2.25. The van der Waals surface area contributed by atoms with E-state index in [0.717, 1.165) is 0 Å². The Morgan fingerprint density at radius 3 is 2.56 bits per heavy atom. The number of nitrogens with one attached hydrogen (secondary N) is 1. The molecule has 0 fully saturated rings. The molecule has 0 aliphatic heterocycles. The number of rotatable bonds is 4. The molecule has 0 aliphatic rings. The van der Waals surface area contributed by atoms with E-state index in [1.165, 1.54) is 6.07 Å². The topological polar surface area (TPSA) is 38.0 Å². The number of halogens is 4. The SMILES string of the molecule is Cc1c(N)cccc1NCC(F)(F)C(F)F. The van der Waals surface area contributed by atoms with Gasteiger partial charge in [0.1, 0.15) is 0 Å². The van der Waals surface area contributed by atoms with Crippen LogP contribution in [0.5, 0.6) is 0 Å². The predicted octanol–water partition coefficient (Wildman–Crippen LogP) is 2.89. The predicted molar refractivity (Wildman–Crippen MR) is 55.0 cm³/mol. The minimum absolute atomic E-state index is 0.334. The smallest absolute Gasteiger partial charge is 0.324 e. The van der Waals surface area contributed by atoms with Gasteiger partial charge in [0.25, 0.3) is 0 Å². The molecule has 0 spiro atoms. The first kappa shape index (κ1) is 12.6. The van der Waals surface area contributed by atoms with Gasteiger partial charge in [-0.25, -0.2) is 8.78 Å². The highest BCUT2D eigenvalue weighted by molar-refractivity contribution is 5.62. The Hall–Kier alpha value is -1.46. The van der Waals surface area contributed by atoms with Crippen LogP contribution in [0.25, 0.3) is 0 Å². The fourth-order valence-electron chi connectivity index (χ4n) is 1.14. The van der Waals surface area contributed by atoms with Crippen LogP contribution in [0.1, 0.15) is 5.56 Å². The average molecular weight is 236 g/mol. The Labute approximate surface area is 90.4 Å². The third-order valence-corrected chi connectivity index (χ3v) is 2.21. The normalized spacial score (nSPS) is 11.9. The van der Waals surface area contributed by atoms with Crippen molar-refractivity contribution in [2.45, 2.75) is 19.3 Å². The summed E-state index contributed by atoms with van der Waals surface area (Å²) in [5.41, 5.74) is 6.86. The van der Waals surface area contributed by atoms with Gasteiger partial charge in [-0.15, -0.1) is 0 Å². The van der Waals surface area contributed by atoms with Crippen LogP contribution in [0.2, 0.25) is 0 Å². The summed E-state index contributed by atoms with van der Waals surface area (Å²) in [6.45, 7) is 0.507. The summed E-state index contributed by atoms with van der Waals surface area (Å²) in [5.74, 6) is -4.04. The van der Waals surface area contributed by atoms with E-state index >= 15 is 0 Å². The van der Waals surface area contributed by atoms with E-state index in [9.17, 15) is 17.6 Å². The van der Waals surface area contributed by atoms with E-state index < -0.39 is 18.9 Å². The molecule has 0 bridgehead atoms. The lowest BCUT2D eigenvalue weighted by Crippen LogP contribution is -2.35. The summed E-state index contributed by atoms with van der Waals surface area (Å²) >= 11 is 0. The zero-order valence-electron chi connectivity index (χ0n) is 8.61. The van der Waals surface area contributed by atoms with Gasteiger partial charge in [-0.1, -0.05) is 6.07 Å². The molecule has 0 radical (unpaired) electrons. The van der Waals surface area contributed by atoms with E-state index in [1.807, 2.05) is 0 Å². The lowest BCUT2D eigenvalue weighted by molar-refractivity contribution is -0.117. The summed E-state index contributed by atoms with van der Waals surface area (Å²) in [4.78, 5) is 0. The molecule has 0 saturated carbocycles. The molecule has 1 rings (SSSR count). The molecule has 0 saturated heterocycles. The van der Waals surface area contributed by atoms with Gasteiger partial charge in [-0.2, -0.15) is 8.78 Å². The number of benzene rings is 1. The number of hydrogen-bond donors (Lipinski definition) is 2. The summed E-state index contributed by atoms with van der Waals surface area (Å²) in [5, 5.41) is 2.27. The Morgan fingerprint density at radius 1 is 1.38 bits per heavy atom. The molecular formula is C10H12F4N2. The van der Waals surface area contributed by atoms with Crippen LogP contribution < -0.4 is 11.1 Å². The lowest BCUT2D eigenvalue weighted by Gasteiger charge is -2.18. The fourth-order valence-corrected chi connectivity index (χ4v) is 1.14. The van der Waals surface area contributed by atoms with Gasteiger partial charge in [-0.3, -0.25) is 0 Å².